The predicted octanol–water partition coefficient (Wildman–Crippen LogP) is 1.37. The van der Waals surface area contributed by atoms with Gasteiger partial charge in [-0.1, -0.05) is 0 Å². The van der Waals surface area contributed by atoms with Crippen LogP contribution in [0.2, 0.25) is 0 Å². The van der Waals surface area contributed by atoms with Gasteiger partial charge < -0.3 is 5.32 Å². The Morgan fingerprint density at radius 1 is 1.69 bits per heavy atom. The number of aromatic nitrogens is 1. The van der Waals surface area contributed by atoms with Crippen LogP contribution in [0.1, 0.15) is 30.7 Å². The van der Waals surface area contributed by atoms with Crippen LogP contribution in [-0.4, -0.2) is 30.9 Å². The van der Waals surface area contributed by atoms with E-state index in [2.05, 4.69) is 10.3 Å². The second kappa shape index (κ2) is 4.81. The van der Waals surface area contributed by atoms with E-state index >= 15 is 0 Å². The quantitative estimate of drug-likeness (QED) is 0.888. The minimum atomic E-state index is -2.83. The average molecular weight is 260 g/mol. The van der Waals surface area contributed by atoms with Crippen molar-refractivity contribution in [2.24, 2.45) is 0 Å². The van der Waals surface area contributed by atoms with Crippen molar-refractivity contribution < 1.29 is 8.42 Å². The van der Waals surface area contributed by atoms with Gasteiger partial charge in [0.1, 0.15) is 0 Å². The fraction of sp³-hybridized carbons (Fsp3) is 0.700. The number of hydrogen-bond donors (Lipinski definition) is 1. The van der Waals surface area contributed by atoms with Crippen molar-refractivity contribution in [3.63, 3.8) is 0 Å². The third-order valence-electron chi connectivity index (χ3n) is 2.99. The van der Waals surface area contributed by atoms with Gasteiger partial charge in [0.25, 0.3) is 0 Å². The van der Waals surface area contributed by atoms with Gasteiger partial charge in [0.15, 0.2) is 9.84 Å². The van der Waals surface area contributed by atoms with Crippen molar-refractivity contribution in [2.75, 3.05) is 12.3 Å². The monoisotopic (exact) mass is 260 g/mol. The van der Waals surface area contributed by atoms with E-state index in [1.807, 2.05) is 13.1 Å². The largest absolute Gasteiger partial charge is 0.308 e. The van der Waals surface area contributed by atoms with Crippen molar-refractivity contribution in [1.82, 2.24) is 10.3 Å². The lowest BCUT2D eigenvalue weighted by Crippen LogP contribution is -2.31. The normalized spacial score (nSPS) is 25.7. The summed E-state index contributed by atoms with van der Waals surface area (Å²) in [5.74, 6) is 0.355. The summed E-state index contributed by atoms with van der Waals surface area (Å²) in [5.41, 5.74) is 1.79. The maximum absolute atomic E-state index is 11.6. The maximum Gasteiger partial charge on any atom is 0.154 e. The first-order chi connectivity index (χ1) is 7.59. The Balaban J connectivity index is 1.88. The molecule has 1 aromatic heterocycles. The topological polar surface area (TPSA) is 59.1 Å². The summed E-state index contributed by atoms with van der Waals surface area (Å²) in [4.78, 5) is 5.16. The molecule has 1 saturated heterocycles. The average Bonchev–Trinajstić information content (AvgIpc) is 2.83. The first-order valence-electron chi connectivity index (χ1n) is 5.43. The van der Waals surface area contributed by atoms with Crippen molar-refractivity contribution in [3.05, 3.63) is 16.6 Å². The van der Waals surface area contributed by atoms with Crippen LogP contribution in [0.25, 0.3) is 0 Å². The zero-order valence-electron chi connectivity index (χ0n) is 9.22. The number of rotatable bonds is 4. The molecule has 1 fully saturated rings. The van der Waals surface area contributed by atoms with Crippen molar-refractivity contribution in [3.8, 4) is 0 Å². The second-order valence-corrected chi connectivity index (χ2v) is 7.48. The lowest BCUT2D eigenvalue weighted by molar-refractivity contribution is 0.542. The van der Waals surface area contributed by atoms with Gasteiger partial charge in [-0.05, 0) is 19.8 Å². The second-order valence-electron chi connectivity index (χ2n) is 4.16. The molecule has 0 aliphatic carbocycles. The molecule has 2 atom stereocenters. The molecule has 90 valence electrons. The van der Waals surface area contributed by atoms with E-state index in [4.69, 9.17) is 0 Å². The highest BCUT2D eigenvalue weighted by Crippen LogP contribution is 2.21. The summed E-state index contributed by atoms with van der Waals surface area (Å²) < 4.78 is 23.2. The highest BCUT2D eigenvalue weighted by atomic mass is 32.2. The minimum absolute atomic E-state index is 0.184. The van der Waals surface area contributed by atoms with Gasteiger partial charge in [0.2, 0.25) is 0 Å². The van der Waals surface area contributed by atoms with Crippen molar-refractivity contribution >= 4 is 21.2 Å². The smallest absolute Gasteiger partial charge is 0.154 e. The van der Waals surface area contributed by atoms with Gasteiger partial charge in [-0.15, -0.1) is 11.3 Å². The minimum Gasteiger partial charge on any atom is -0.308 e. The van der Waals surface area contributed by atoms with Gasteiger partial charge in [0.05, 0.1) is 16.5 Å². The van der Waals surface area contributed by atoms with Crippen LogP contribution in [0.3, 0.4) is 0 Å². The summed E-state index contributed by atoms with van der Waals surface area (Å²) >= 11 is 1.59. The van der Waals surface area contributed by atoms with Crippen molar-refractivity contribution in [2.45, 2.75) is 31.1 Å². The third-order valence-corrected chi connectivity index (χ3v) is 6.23. The van der Waals surface area contributed by atoms with Crippen LogP contribution < -0.4 is 5.32 Å². The highest BCUT2D eigenvalue weighted by molar-refractivity contribution is 7.92. The Bertz CT molecular complexity index is 428. The van der Waals surface area contributed by atoms with Crippen LogP contribution in [0, 0.1) is 0 Å². The lowest BCUT2D eigenvalue weighted by Gasteiger charge is -2.15. The molecular formula is C10H16N2O2S2. The van der Waals surface area contributed by atoms with E-state index in [1.54, 1.807) is 16.8 Å². The third kappa shape index (κ3) is 2.61. The highest BCUT2D eigenvalue weighted by Gasteiger charge is 2.31. The molecule has 0 bridgehead atoms. The number of thiazole rings is 1. The molecule has 2 heterocycles. The van der Waals surface area contributed by atoms with E-state index < -0.39 is 9.84 Å². The summed E-state index contributed by atoms with van der Waals surface area (Å²) in [6.45, 7) is 2.59. The molecule has 16 heavy (non-hydrogen) atoms. The summed E-state index contributed by atoms with van der Waals surface area (Å²) in [6, 6.07) is 0.184. The number of nitrogens with zero attached hydrogens (tertiary/aromatic N) is 1. The number of sulfone groups is 1. The Morgan fingerprint density at radius 3 is 3.06 bits per heavy atom. The maximum atomic E-state index is 11.6. The first kappa shape index (κ1) is 12.0. The van der Waals surface area contributed by atoms with Crippen molar-refractivity contribution in [1.29, 1.82) is 0 Å². The van der Waals surface area contributed by atoms with Gasteiger partial charge in [-0.25, -0.2) is 8.42 Å². The fourth-order valence-corrected chi connectivity index (χ4v) is 4.37. The zero-order chi connectivity index (χ0) is 11.6. The molecule has 1 aliphatic rings. The molecule has 0 radical (unpaired) electrons. The molecule has 1 aromatic rings. The Hall–Kier alpha value is -0.460. The van der Waals surface area contributed by atoms with Crippen LogP contribution in [0.4, 0.5) is 0 Å². The van der Waals surface area contributed by atoms with Gasteiger partial charge in [-0.2, -0.15) is 0 Å². The van der Waals surface area contributed by atoms with E-state index in [0.29, 0.717) is 12.3 Å². The molecule has 6 heteroatoms. The molecule has 0 aromatic carbocycles. The van der Waals surface area contributed by atoms with Crippen LogP contribution >= 0.6 is 11.3 Å². The molecule has 0 spiro atoms. The Labute approximate surface area is 100 Å². The standard InChI is InChI=1S/C10H16N2O2S2/c1-8(10-6-11-7-15-10)12-5-9-3-2-4-16(9,13)14/h6-9,12H,2-5H2,1H3. The van der Waals surface area contributed by atoms with Crippen LogP contribution in [0.15, 0.2) is 11.7 Å². The van der Waals surface area contributed by atoms with E-state index in [0.717, 1.165) is 17.7 Å². The van der Waals surface area contributed by atoms with Gasteiger partial charge >= 0.3 is 0 Å². The van der Waals surface area contributed by atoms with Crippen LogP contribution in [-0.2, 0) is 9.84 Å². The predicted molar refractivity (Wildman–Crippen MR) is 65.3 cm³/mol. The zero-order valence-corrected chi connectivity index (χ0v) is 10.9. The Kier molecular flexibility index (Phi) is 3.61. The van der Waals surface area contributed by atoms with E-state index in [1.165, 1.54) is 0 Å². The lowest BCUT2D eigenvalue weighted by atomic mass is 10.2. The Morgan fingerprint density at radius 2 is 2.50 bits per heavy atom. The SMILES string of the molecule is CC(NCC1CCCS1(=O)=O)c1cncs1. The molecule has 4 nitrogen and oxygen atoms in total. The fourth-order valence-electron chi connectivity index (χ4n) is 1.94. The number of hydrogen-bond acceptors (Lipinski definition) is 5. The van der Waals surface area contributed by atoms with Crippen LogP contribution in [0.5, 0.6) is 0 Å². The van der Waals surface area contributed by atoms with Gasteiger partial charge in [-0.3, -0.25) is 4.98 Å². The molecule has 0 amide bonds. The molecule has 2 rings (SSSR count). The number of nitrogens with one attached hydrogen (secondary N) is 1. The summed E-state index contributed by atoms with van der Waals surface area (Å²) in [6.07, 6.45) is 3.43. The molecule has 0 saturated carbocycles. The summed E-state index contributed by atoms with van der Waals surface area (Å²) in [5, 5.41) is 3.08. The summed E-state index contributed by atoms with van der Waals surface area (Å²) in [7, 11) is -2.83. The molecular weight excluding hydrogens is 244 g/mol. The van der Waals surface area contributed by atoms with Gasteiger partial charge in [0, 0.05) is 23.7 Å². The van der Waals surface area contributed by atoms with E-state index in [9.17, 15) is 8.42 Å². The molecule has 2 unspecified atom stereocenters. The molecule has 1 N–H and O–H groups in total. The first-order valence-corrected chi connectivity index (χ1v) is 8.02. The van der Waals surface area contributed by atoms with E-state index in [-0.39, 0.29) is 11.3 Å². The molecule has 1 aliphatic heterocycles.